The molecule has 0 aliphatic carbocycles. The summed E-state index contributed by atoms with van der Waals surface area (Å²) < 4.78 is 5.29. The van der Waals surface area contributed by atoms with E-state index in [2.05, 4.69) is 0 Å². The summed E-state index contributed by atoms with van der Waals surface area (Å²) in [6, 6.07) is 22.3. The van der Waals surface area contributed by atoms with Crippen LogP contribution in [0.1, 0.15) is 21.5 Å². The van der Waals surface area contributed by atoms with E-state index in [1.54, 1.807) is 41.2 Å². The second-order valence-corrected chi connectivity index (χ2v) is 9.38. The van der Waals surface area contributed by atoms with Gasteiger partial charge in [0, 0.05) is 28.4 Å². The maximum Gasteiger partial charge on any atom is 0.268 e. The zero-order valence-electron chi connectivity index (χ0n) is 17.5. The zero-order valence-corrected chi connectivity index (χ0v) is 19.0. The molecule has 5 nitrogen and oxygen atoms in total. The Morgan fingerprint density at radius 2 is 1.88 bits per heavy atom. The molecule has 3 aromatic carbocycles. The molecule has 1 saturated heterocycles. The fraction of sp³-hybridized carbons (Fsp3) is 0.200. The number of carbonyl (C=O) groups is 2. The fourth-order valence-corrected chi connectivity index (χ4v) is 6.09. The highest BCUT2D eigenvalue weighted by molar-refractivity contribution is 8.01. The van der Waals surface area contributed by atoms with Gasteiger partial charge in [-0.3, -0.25) is 9.59 Å². The first kappa shape index (κ1) is 20.9. The number of methoxy groups -OCH3 is 1. The second-order valence-electron chi connectivity index (χ2n) is 7.68. The van der Waals surface area contributed by atoms with Crippen molar-refractivity contribution in [1.82, 2.24) is 4.90 Å². The number of halogens is 1. The summed E-state index contributed by atoms with van der Waals surface area (Å²) in [6.45, 7) is 0.833. The van der Waals surface area contributed by atoms with E-state index in [0.29, 0.717) is 35.2 Å². The van der Waals surface area contributed by atoms with Crippen LogP contribution in [-0.4, -0.2) is 36.1 Å². The number of para-hydroxylation sites is 1. The van der Waals surface area contributed by atoms with Crippen LogP contribution in [0.15, 0.2) is 72.8 Å². The predicted octanol–water partition coefficient (Wildman–Crippen LogP) is 4.94. The van der Waals surface area contributed by atoms with Crippen molar-refractivity contribution in [1.29, 1.82) is 0 Å². The van der Waals surface area contributed by atoms with E-state index in [4.69, 9.17) is 16.3 Å². The topological polar surface area (TPSA) is 49.9 Å². The van der Waals surface area contributed by atoms with Gasteiger partial charge in [0.25, 0.3) is 11.8 Å². The molecule has 32 heavy (non-hydrogen) atoms. The molecule has 5 rings (SSSR count). The third kappa shape index (κ3) is 3.17. The smallest absolute Gasteiger partial charge is 0.268 e. The fourth-order valence-electron chi connectivity index (χ4n) is 4.43. The van der Waals surface area contributed by atoms with E-state index in [-0.39, 0.29) is 11.8 Å². The highest BCUT2D eigenvalue weighted by Crippen LogP contribution is 2.54. The standard InChI is InChI=1S/C25H21ClN2O3S/c1-31-19-9-6-8-17(15-19)23(29)28-13-14-32-25(28)20-10-3-5-12-22(20)27(24(25)30)16-18-7-2-4-11-21(18)26/h2-12,15H,13-14,16H2,1H3. The minimum absolute atomic E-state index is 0.114. The van der Waals surface area contributed by atoms with Gasteiger partial charge in [-0.25, -0.2) is 0 Å². The maximum atomic E-state index is 14.0. The SMILES string of the molecule is COc1cccc(C(=O)N2CCSC23C(=O)N(Cc2ccccc2Cl)c2ccccc23)c1. The summed E-state index contributed by atoms with van der Waals surface area (Å²) in [7, 11) is 1.57. The molecular weight excluding hydrogens is 444 g/mol. The number of nitrogens with zero attached hydrogens (tertiary/aromatic N) is 2. The van der Waals surface area contributed by atoms with Crippen LogP contribution in [0.3, 0.4) is 0 Å². The van der Waals surface area contributed by atoms with Gasteiger partial charge in [0.15, 0.2) is 4.87 Å². The van der Waals surface area contributed by atoms with E-state index in [0.717, 1.165) is 16.8 Å². The summed E-state index contributed by atoms with van der Waals surface area (Å²) in [5.74, 6) is 0.986. The number of rotatable bonds is 4. The highest BCUT2D eigenvalue weighted by Gasteiger charge is 2.59. The molecule has 0 saturated carbocycles. The van der Waals surface area contributed by atoms with Crippen molar-refractivity contribution in [3.05, 3.63) is 94.5 Å². The van der Waals surface area contributed by atoms with Crippen molar-refractivity contribution in [2.75, 3.05) is 24.3 Å². The monoisotopic (exact) mass is 464 g/mol. The van der Waals surface area contributed by atoms with Gasteiger partial charge in [-0.2, -0.15) is 0 Å². The summed E-state index contributed by atoms with van der Waals surface area (Å²) in [5, 5.41) is 0.613. The summed E-state index contributed by atoms with van der Waals surface area (Å²) in [6.07, 6.45) is 0. The lowest BCUT2D eigenvalue weighted by atomic mass is 10.0. The van der Waals surface area contributed by atoms with Gasteiger partial charge in [0.1, 0.15) is 5.75 Å². The lowest BCUT2D eigenvalue weighted by molar-refractivity contribution is -0.123. The van der Waals surface area contributed by atoms with Crippen molar-refractivity contribution in [2.24, 2.45) is 0 Å². The van der Waals surface area contributed by atoms with Gasteiger partial charge in [0.2, 0.25) is 0 Å². The molecule has 162 valence electrons. The molecule has 1 unspecified atom stereocenters. The first-order valence-electron chi connectivity index (χ1n) is 10.3. The van der Waals surface area contributed by atoms with Crippen LogP contribution in [0.25, 0.3) is 0 Å². The van der Waals surface area contributed by atoms with E-state index >= 15 is 0 Å². The third-order valence-electron chi connectivity index (χ3n) is 5.95. The summed E-state index contributed by atoms with van der Waals surface area (Å²) in [5.41, 5.74) is 3.02. The molecule has 2 aliphatic heterocycles. The number of hydrogen-bond donors (Lipinski definition) is 0. The molecule has 2 aliphatic rings. The Bertz CT molecular complexity index is 1220. The Morgan fingerprint density at radius 1 is 1.09 bits per heavy atom. The molecule has 1 spiro atoms. The first-order valence-corrected chi connectivity index (χ1v) is 11.7. The molecule has 1 fully saturated rings. The Labute approximate surface area is 195 Å². The van der Waals surface area contributed by atoms with E-state index < -0.39 is 4.87 Å². The normalized spacial score (nSPS) is 19.5. The molecule has 0 bridgehead atoms. The van der Waals surface area contributed by atoms with Crippen molar-refractivity contribution in [3.8, 4) is 5.75 Å². The number of thioether (sulfide) groups is 1. The van der Waals surface area contributed by atoms with Crippen LogP contribution in [0.5, 0.6) is 5.75 Å². The van der Waals surface area contributed by atoms with Gasteiger partial charge in [-0.1, -0.05) is 54.1 Å². The minimum atomic E-state index is -1.09. The molecule has 7 heteroatoms. The van der Waals surface area contributed by atoms with Gasteiger partial charge in [0.05, 0.1) is 19.3 Å². The van der Waals surface area contributed by atoms with Crippen molar-refractivity contribution < 1.29 is 14.3 Å². The van der Waals surface area contributed by atoms with Crippen molar-refractivity contribution in [2.45, 2.75) is 11.4 Å². The molecule has 3 aromatic rings. The van der Waals surface area contributed by atoms with Crippen LogP contribution in [0.2, 0.25) is 5.02 Å². The highest BCUT2D eigenvalue weighted by atomic mass is 35.5. The minimum Gasteiger partial charge on any atom is -0.497 e. The Balaban J connectivity index is 1.57. The number of ether oxygens (including phenoxy) is 1. The Hall–Kier alpha value is -2.96. The third-order valence-corrected chi connectivity index (χ3v) is 7.74. The molecule has 0 N–H and O–H groups in total. The van der Waals surface area contributed by atoms with Crippen LogP contribution in [0.4, 0.5) is 5.69 Å². The van der Waals surface area contributed by atoms with E-state index in [1.807, 2.05) is 48.5 Å². The number of carbonyl (C=O) groups excluding carboxylic acids is 2. The number of anilines is 1. The van der Waals surface area contributed by atoms with Gasteiger partial charge >= 0.3 is 0 Å². The van der Waals surface area contributed by atoms with Crippen LogP contribution in [0, 0.1) is 0 Å². The largest absolute Gasteiger partial charge is 0.497 e. The number of fused-ring (bicyclic) bond motifs is 2. The molecule has 2 heterocycles. The van der Waals surface area contributed by atoms with E-state index in [9.17, 15) is 9.59 Å². The summed E-state index contributed by atoms with van der Waals surface area (Å²) in [4.78, 5) is 30.0. The number of amides is 2. The molecular formula is C25H21ClN2O3S. The van der Waals surface area contributed by atoms with Crippen LogP contribution < -0.4 is 9.64 Å². The van der Waals surface area contributed by atoms with E-state index in [1.165, 1.54) is 11.8 Å². The quantitative estimate of drug-likeness (QED) is 0.549. The van der Waals surface area contributed by atoms with Crippen LogP contribution >= 0.6 is 23.4 Å². The van der Waals surface area contributed by atoms with Gasteiger partial charge < -0.3 is 14.5 Å². The molecule has 1 atom stereocenters. The Morgan fingerprint density at radius 3 is 2.69 bits per heavy atom. The molecule has 0 aromatic heterocycles. The lowest BCUT2D eigenvalue weighted by Crippen LogP contribution is -2.50. The second kappa shape index (κ2) is 8.19. The average molecular weight is 465 g/mol. The summed E-state index contributed by atoms with van der Waals surface area (Å²) >= 11 is 7.91. The molecule has 2 amide bonds. The van der Waals surface area contributed by atoms with Gasteiger partial charge in [-0.15, -0.1) is 11.8 Å². The predicted molar refractivity (Wildman–Crippen MR) is 127 cm³/mol. The number of benzene rings is 3. The number of hydrogen-bond acceptors (Lipinski definition) is 4. The zero-order chi connectivity index (χ0) is 22.3. The Kier molecular flexibility index (Phi) is 5.35. The van der Waals surface area contributed by atoms with Crippen LogP contribution in [-0.2, 0) is 16.2 Å². The van der Waals surface area contributed by atoms with Crippen molar-refractivity contribution in [3.63, 3.8) is 0 Å². The maximum absolute atomic E-state index is 14.0. The van der Waals surface area contributed by atoms with Crippen molar-refractivity contribution >= 4 is 40.9 Å². The molecule has 0 radical (unpaired) electrons. The average Bonchev–Trinajstić information content (AvgIpc) is 3.37. The first-order chi connectivity index (χ1) is 15.6. The van der Waals surface area contributed by atoms with Gasteiger partial charge in [-0.05, 0) is 35.9 Å². The lowest BCUT2D eigenvalue weighted by Gasteiger charge is -2.33.